The standard InChI is InChI=1S/C14H21N3S/c1-4-6-12(15-5-2)14-8-7-13(18-14)11-9-16-17(3)10-11/h7-10,12,15H,4-6H2,1-3H3. The average molecular weight is 263 g/mol. The van der Waals surface area contributed by atoms with Crippen molar-refractivity contribution in [3.63, 3.8) is 0 Å². The Hall–Kier alpha value is -1.13. The van der Waals surface area contributed by atoms with E-state index in [1.807, 2.05) is 29.3 Å². The normalized spacial score (nSPS) is 12.8. The van der Waals surface area contributed by atoms with E-state index >= 15 is 0 Å². The van der Waals surface area contributed by atoms with E-state index in [-0.39, 0.29) is 0 Å². The minimum atomic E-state index is 0.496. The molecule has 0 spiro atoms. The zero-order valence-corrected chi connectivity index (χ0v) is 12.1. The highest BCUT2D eigenvalue weighted by atomic mass is 32.1. The van der Waals surface area contributed by atoms with E-state index in [2.05, 4.69) is 42.6 Å². The highest BCUT2D eigenvalue weighted by Gasteiger charge is 2.13. The first-order valence-corrected chi connectivity index (χ1v) is 7.38. The van der Waals surface area contributed by atoms with Gasteiger partial charge in [0.2, 0.25) is 0 Å². The first-order valence-electron chi connectivity index (χ1n) is 6.56. The van der Waals surface area contributed by atoms with E-state index < -0.39 is 0 Å². The average Bonchev–Trinajstić information content (AvgIpc) is 2.97. The topological polar surface area (TPSA) is 29.9 Å². The lowest BCUT2D eigenvalue weighted by molar-refractivity contribution is 0.516. The lowest BCUT2D eigenvalue weighted by atomic mass is 10.1. The number of hydrogen-bond acceptors (Lipinski definition) is 3. The fourth-order valence-electron chi connectivity index (χ4n) is 2.12. The van der Waals surface area contributed by atoms with E-state index in [0.29, 0.717) is 6.04 Å². The lowest BCUT2D eigenvalue weighted by Gasteiger charge is -2.14. The molecule has 18 heavy (non-hydrogen) atoms. The van der Waals surface area contributed by atoms with Crippen LogP contribution in [0.3, 0.4) is 0 Å². The summed E-state index contributed by atoms with van der Waals surface area (Å²) < 4.78 is 1.85. The third-order valence-corrected chi connectivity index (χ3v) is 4.24. The van der Waals surface area contributed by atoms with Gasteiger partial charge in [-0.1, -0.05) is 20.3 Å². The van der Waals surface area contributed by atoms with E-state index in [0.717, 1.165) is 6.54 Å². The van der Waals surface area contributed by atoms with Crippen molar-refractivity contribution in [2.75, 3.05) is 6.54 Å². The monoisotopic (exact) mass is 263 g/mol. The molecule has 0 aliphatic carbocycles. The van der Waals surface area contributed by atoms with Crippen LogP contribution in [0.25, 0.3) is 10.4 Å². The van der Waals surface area contributed by atoms with Gasteiger partial charge in [-0.3, -0.25) is 4.68 Å². The van der Waals surface area contributed by atoms with Gasteiger partial charge in [0.05, 0.1) is 6.20 Å². The van der Waals surface area contributed by atoms with Gasteiger partial charge in [-0.2, -0.15) is 5.10 Å². The van der Waals surface area contributed by atoms with Gasteiger partial charge in [0.1, 0.15) is 0 Å². The molecule has 0 radical (unpaired) electrons. The SMILES string of the molecule is CCCC(NCC)c1ccc(-c2cnn(C)c2)s1. The van der Waals surface area contributed by atoms with Crippen LogP contribution in [0.4, 0.5) is 0 Å². The Morgan fingerprint density at radius 2 is 2.22 bits per heavy atom. The summed E-state index contributed by atoms with van der Waals surface area (Å²) in [5, 5.41) is 7.79. The van der Waals surface area contributed by atoms with Crippen LogP contribution in [-0.2, 0) is 7.05 Å². The number of aryl methyl sites for hydroxylation is 1. The van der Waals surface area contributed by atoms with Crippen molar-refractivity contribution in [1.82, 2.24) is 15.1 Å². The van der Waals surface area contributed by atoms with Crippen molar-refractivity contribution < 1.29 is 0 Å². The molecule has 0 saturated heterocycles. The van der Waals surface area contributed by atoms with E-state index in [4.69, 9.17) is 0 Å². The number of nitrogens with one attached hydrogen (secondary N) is 1. The van der Waals surface area contributed by atoms with E-state index in [1.54, 1.807) is 0 Å². The summed E-state index contributed by atoms with van der Waals surface area (Å²) in [6, 6.07) is 4.95. The molecule has 1 atom stereocenters. The summed E-state index contributed by atoms with van der Waals surface area (Å²) in [6.45, 7) is 5.42. The molecule has 3 nitrogen and oxygen atoms in total. The summed E-state index contributed by atoms with van der Waals surface area (Å²) in [5.74, 6) is 0. The van der Waals surface area contributed by atoms with Crippen molar-refractivity contribution in [2.45, 2.75) is 32.7 Å². The summed E-state index contributed by atoms with van der Waals surface area (Å²) in [5.41, 5.74) is 1.21. The largest absolute Gasteiger partial charge is 0.310 e. The zero-order valence-electron chi connectivity index (χ0n) is 11.3. The van der Waals surface area contributed by atoms with Crippen LogP contribution in [0.1, 0.15) is 37.6 Å². The van der Waals surface area contributed by atoms with Gasteiger partial charge < -0.3 is 5.32 Å². The van der Waals surface area contributed by atoms with E-state index in [1.165, 1.54) is 28.2 Å². The highest BCUT2D eigenvalue weighted by Crippen LogP contribution is 2.32. The molecule has 2 rings (SSSR count). The van der Waals surface area contributed by atoms with Gasteiger partial charge in [0.15, 0.2) is 0 Å². The molecule has 98 valence electrons. The first kappa shape index (κ1) is 13.3. The minimum absolute atomic E-state index is 0.496. The Morgan fingerprint density at radius 1 is 1.39 bits per heavy atom. The van der Waals surface area contributed by atoms with Crippen LogP contribution in [0, 0.1) is 0 Å². The van der Waals surface area contributed by atoms with Gasteiger partial charge in [-0.05, 0) is 25.1 Å². The Bertz CT molecular complexity index is 481. The molecule has 0 aliphatic rings. The van der Waals surface area contributed by atoms with Crippen LogP contribution in [0.2, 0.25) is 0 Å². The van der Waals surface area contributed by atoms with Crippen molar-refractivity contribution in [3.8, 4) is 10.4 Å². The molecule has 2 heterocycles. The Labute approximate surface area is 113 Å². The van der Waals surface area contributed by atoms with Crippen LogP contribution in [-0.4, -0.2) is 16.3 Å². The number of nitrogens with zero attached hydrogens (tertiary/aromatic N) is 2. The zero-order chi connectivity index (χ0) is 13.0. The molecule has 2 aromatic rings. The molecule has 2 aromatic heterocycles. The summed E-state index contributed by atoms with van der Waals surface area (Å²) >= 11 is 1.87. The number of aromatic nitrogens is 2. The van der Waals surface area contributed by atoms with E-state index in [9.17, 15) is 0 Å². The molecular formula is C14H21N3S. The molecular weight excluding hydrogens is 242 g/mol. The quantitative estimate of drug-likeness (QED) is 0.863. The number of rotatable bonds is 6. The molecule has 0 aliphatic heterocycles. The second-order valence-electron chi connectivity index (χ2n) is 4.50. The van der Waals surface area contributed by atoms with Gasteiger partial charge in [0, 0.05) is 34.6 Å². The Balaban J connectivity index is 2.18. The minimum Gasteiger partial charge on any atom is -0.310 e. The van der Waals surface area contributed by atoms with Crippen molar-refractivity contribution in [2.24, 2.45) is 7.05 Å². The molecule has 1 unspecified atom stereocenters. The number of hydrogen-bond donors (Lipinski definition) is 1. The maximum Gasteiger partial charge on any atom is 0.0576 e. The molecule has 0 bridgehead atoms. The van der Waals surface area contributed by atoms with Crippen LogP contribution in [0.5, 0.6) is 0 Å². The third kappa shape index (κ3) is 3.00. The predicted octanol–water partition coefficient (Wildman–Crippen LogP) is 3.60. The fraction of sp³-hybridized carbons (Fsp3) is 0.500. The van der Waals surface area contributed by atoms with Crippen LogP contribution < -0.4 is 5.32 Å². The van der Waals surface area contributed by atoms with Gasteiger partial charge in [0.25, 0.3) is 0 Å². The molecule has 1 N–H and O–H groups in total. The fourth-order valence-corrected chi connectivity index (χ4v) is 3.22. The predicted molar refractivity (Wildman–Crippen MR) is 77.8 cm³/mol. The van der Waals surface area contributed by atoms with Crippen LogP contribution in [0.15, 0.2) is 24.5 Å². The van der Waals surface area contributed by atoms with Crippen LogP contribution >= 0.6 is 11.3 Å². The molecule has 0 amide bonds. The van der Waals surface area contributed by atoms with Crippen molar-refractivity contribution in [1.29, 1.82) is 0 Å². The highest BCUT2D eigenvalue weighted by molar-refractivity contribution is 7.15. The van der Waals surface area contributed by atoms with Gasteiger partial charge >= 0.3 is 0 Å². The smallest absolute Gasteiger partial charge is 0.0576 e. The van der Waals surface area contributed by atoms with Crippen molar-refractivity contribution in [3.05, 3.63) is 29.4 Å². The Morgan fingerprint density at radius 3 is 2.83 bits per heavy atom. The van der Waals surface area contributed by atoms with Gasteiger partial charge in [-0.25, -0.2) is 0 Å². The third-order valence-electron chi connectivity index (χ3n) is 2.99. The molecule has 0 saturated carbocycles. The van der Waals surface area contributed by atoms with Crippen molar-refractivity contribution >= 4 is 11.3 Å². The maximum absolute atomic E-state index is 4.23. The summed E-state index contributed by atoms with van der Waals surface area (Å²) in [4.78, 5) is 2.73. The number of thiophene rings is 1. The summed E-state index contributed by atoms with van der Waals surface area (Å²) in [7, 11) is 1.95. The second kappa shape index (κ2) is 6.16. The lowest BCUT2D eigenvalue weighted by Crippen LogP contribution is -2.19. The van der Waals surface area contributed by atoms with Gasteiger partial charge in [-0.15, -0.1) is 11.3 Å². The molecule has 0 fully saturated rings. The summed E-state index contributed by atoms with van der Waals surface area (Å²) in [6.07, 6.45) is 6.40. The molecule has 4 heteroatoms. The Kier molecular flexibility index (Phi) is 4.55. The maximum atomic E-state index is 4.23. The first-order chi connectivity index (χ1) is 8.74. The molecule has 0 aromatic carbocycles. The second-order valence-corrected chi connectivity index (χ2v) is 5.62.